The molecular weight excluding hydrogens is 148 g/mol. The second-order valence-corrected chi connectivity index (χ2v) is 2.77. The summed E-state index contributed by atoms with van der Waals surface area (Å²) in [6, 6.07) is 10.1. The summed E-state index contributed by atoms with van der Waals surface area (Å²) < 4.78 is 0. The maximum absolute atomic E-state index is 3.15. The molecule has 0 fully saturated rings. The summed E-state index contributed by atoms with van der Waals surface area (Å²) in [6.45, 7) is 3.20. The van der Waals surface area contributed by atoms with Crippen LogP contribution in [0, 0.1) is 0 Å². The first-order valence-corrected chi connectivity index (χ1v) is 4.47. The van der Waals surface area contributed by atoms with Crippen molar-refractivity contribution in [2.24, 2.45) is 0 Å². The van der Waals surface area contributed by atoms with Gasteiger partial charge >= 0.3 is 0 Å². The van der Waals surface area contributed by atoms with Crippen LogP contribution in [0.2, 0.25) is 0 Å². The lowest BCUT2D eigenvalue weighted by molar-refractivity contribution is 0.703. The topological polar surface area (TPSA) is 24.1 Å². The highest BCUT2D eigenvalue weighted by molar-refractivity contribution is 5.41. The number of hydrazine groups is 1. The lowest BCUT2D eigenvalue weighted by Gasteiger charge is -2.06. The first kappa shape index (κ1) is 9.07. The average Bonchev–Trinajstić information content (AvgIpc) is 2.14. The van der Waals surface area contributed by atoms with E-state index in [4.69, 9.17) is 0 Å². The van der Waals surface area contributed by atoms with Crippen molar-refractivity contribution in [2.75, 3.05) is 12.0 Å². The van der Waals surface area contributed by atoms with E-state index in [1.807, 2.05) is 30.3 Å². The zero-order valence-corrected chi connectivity index (χ0v) is 7.51. The summed E-state index contributed by atoms with van der Waals surface area (Å²) >= 11 is 0. The van der Waals surface area contributed by atoms with E-state index in [2.05, 4.69) is 17.8 Å². The first-order valence-electron chi connectivity index (χ1n) is 4.47. The van der Waals surface area contributed by atoms with Crippen LogP contribution in [0.5, 0.6) is 0 Å². The fourth-order valence-electron chi connectivity index (χ4n) is 0.951. The van der Waals surface area contributed by atoms with Gasteiger partial charge in [0, 0.05) is 12.2 Å². The highest BCUT2D eigenvalue weighted by atomic mass is 15.3. The van der Waals surface area contributed by atoms with E-state index >= 15 is 0 Å². The lowest BCUT2D eigenvalue weighted by atomic mass is 10.3. The molecule has 0 amide bonds. The maximum Gasteiger partial charge on any atom is 0.0487 e. The van der Waals surface area contributed by atoms with Crippen molar-refractivity contribution in [3.63, 3.8) is 0 Å². The second-order valence-electron chi connectivity index (χ2n) is 2.77. The minimum absolute atomic E-state index is 1.02. The Bertz CT molecular complexity index is 196. The van der Waals surface area contributed by atoms with Crippen molar-refractivity contribution in [1.82, 2.24) is 5.43 Å². The molecule has 0 aliphatic rings. The van der Waals surface area contributed by atoms with Gasteiger partial charge in [-0.05, 0) is 18.6 Å². The Morgan fingerprint density at radius 2 is 1.92 bits per heavy atom. The Hall–Kier alpha value is -1.02. The predicted octanol–water partition coefficient (Wildman–Crippen LogP) is 2.40. The van der Waals surface area contributed by atoms with Crippen molar-refractivity contribution in [1.29, 1.82) is 0 Å². The van der Waals surface area contributed by atoms with E-state index < -0.39 is 0 Å². The molecule has 2 N–H and O–H groups in total. The van der Waals surface area contributed by atoms with Crippen LogP contribution in [0.3, 0.4) is 0 Å². The Morgan fingerprint density at radius 3 is 2.58 bits per heavy atom. The van der Waals surface area contributed by atoms with Crippen molar-refractivity contribution in [2.45, 2.75) is 19.8 Å². The number of para-hydroxylation sites is 1. The van der Waals surface area contributed by atoms with Gasteiger partial charge in [-0.25, -0.2) is 5.43 Å². The van der Waals surface area contributed by atoms with E-state index in [9.17, 15) is 0 Å². The van der Waals surface area contributed by atoms with Crippen LogP contribution < -0.4 is 10.9 Å². The molecule has 0 aliphatic heterocycles. The molecule has 12 heavy (non-hydrogen) atoms. The summed E-state index contributed by atoms with van der Waals surface area (Å²) in [5.41, 5.74) is 7.40. The van der Waals surface area contributed by atoms with Crippen molar-refractivity contribution >= 4 is 5.69 Å². The molecule has 0 saturated carbocycles. The molecule has 0 heterocycles. The first-order chi connectivity index (χ1) is 5.93. The lowest BCUT2D eigenvalue weighted by Crippen LogP contribution is -2.22. The SMILES string of the molecule is CCCCNNc1ccccc1. The van der Waals surface area contributed by atoms with Crippen molar-refractivity contribution in [3.05, 3.63) is 30.3 Å². The molecule has 0 spiro atoms. The summed E-state index contributed by atoms with van der Waals surface area (Å²) in [5.74, 6) is 0. The third-order valence-corrected chi connectivity index (χ3v) is 1.66. The van der Waals surface area contributed by atoms with Crippen LogP contribution in [-0.4, -0.2) is 6.54 Å². The third kappa shape index (κ3) is 3.39. The number of hydrogen-bond acceptors (Lipinski definition) is 2. The number of benzene rings is 1. The third-order valence-electron chi connectivity index (χ3n) is 1.66. The number of hydrogen-bond donors (Lipinski definition) is 2. The zero-order valence-electron chi connectivity index (χ0n) is 7.51. The average molecular weight is 164 g/mol. The summed E-state index contributed by atoms with van der Waals surface area (Å²) in [5, 5.41) is 0. The Labute approximate surface area is 74.0 Å². The van der Waals surface area contributed by atoms with E-state index in [0.29, 0.717) is 0 Å². The van der Waals surface area contributed by atoms with Gasteiger partial charge in [0.1, 0.15) is 0 Å². The normalized spacial score (nSPS) is 9.75. The molecule has 1 aromatic carbocycles. The quantitative estimate of drug-likeness (QED) is 0.516. The van der Waals surface area contributed by atoms with Crippen LogP contribution in [0.25, 0.3) is 0 Å². The predicted molar refractivity (Wildman–Crippen MR) is 53.0 cm³/mol. The standard InChI is InChI=1S/C10H16N2/c1-2-3-9-11-12-10-7-5-4-6-8-10/h4-8,11-12H,2-3,9H2,1H3. The highest BCUT2D eigenvalue weighted by Gasteiger charge is 1.86. The molecule has 66 valence electrons. The molecule has 2 heteroatoms. The van der Waals surface area contributed by atoms with Gasteiger partial charge in [0.2, 0.25) is 0 Å². The monoisotopic (exact) mass is 164 g/mol. The number of unbranched alkanes of at least 4 members (excludes halogenated alkanes) is 1. The van der Waals surface area contributed by atoms with Gasteiger partial charge < -0.3 is 5.43 Å². The molecule has 1 rings (SSSR count). The summed E-state index contributed by atoms with van der Waals surface area (Å²) in [4.78, 5) is 0. The molecule has 0 radical (unpaired) electrons. The minimum Gasteiger partial charge on any atom is -0.322 e. The Balaban J connectivity index is 2.16. The second kappa shape index (κ2) is 5.61. The van der Waals surface area contributed by atoms with Crippen LogP contribution in [0.1, 0.15) is 19.8 Å². The van der Waals surface area contributed by atoms with Gasteiger partial charge in [-0.1, -0.05) is 31.5 Å². The molecule has 1 aromatic rings. The maximum atomic E-state index is 3.15. The molecule has 0 saturated heterocycles. The van der Waals surface area contributed by atoms with Gasteiger partial charge in [-0.15, -0.1) is 0 Å². The van der Waals surface area contributed by atoms with E-state index in [-0.39, 0.29) is 0 Å². The molecule has 0 unspecified atom stereocenters. The van der Waals surface area contributed by atoms with E-state index in [1.165, 1.54) is 12.8 Å². The minimum atomic E-state index is 1.02. The van der Waals surface area contributed by atoms with Crippen LogP contribution in [-0.2, 0) is 0 Å². The fourth-order valence-corrected chi connectivity index (χ4v) is 0.951. The molecule has 0 bridgehead atoms. The van der Waals surface area contributed by atoms with Gasteiger partial charge in [0.25, 0.3) is 0 Å². The van der Waals surface area contributed by atoms with E-state index in [0.717, 1.165) is 12.2 Å². The smallest absolute Gasteiger partial charge is 0.0487 e. The van der Waals surface area contributed by atoms with Crippen molar-refractivity contribution in [3.8, 4) is 0 Å². The highest BCUT2D eigenvalue weighted by Crippen LogP contribution is 2.02. The van der Waals surface area contributed by atoms with Crippen LogP contribution in [0.4, 0.5) is 5.69 Å². The van der Waals surface area contributed by atoms with Gasteiger partial charge in [-0.3, -0.25) is 0 Å². The fraction of sp³-hybridized carbons (Fsp3) is 0.400. The van der Waals surface area contributed by atoms with Gasteiger partial charge in [-0.2, -0.15) is 0 Å². The Kier molecular flexibility index (Phi) is 4.24. The molecule has 2 nitrogen and oxygen atoms in total. The van der Waals surface area contributed by atoms with Gasteiger partial charge in [0.15, 0.2) is 0 Å². The number of rotatable bonds is 5. The summed E-state index contributed by atoms with van der Waals surface area (Å²) in [7, 11) is 0. The molecule has 0 atom stereocenters. The number of anilines is 1. The van der Waals surface area contributed by atoms with Crippen LogP contribution >= 0.6 is 0 Å². The Morgan fingerprint density at radius 1 is 1.17 bits per heavy atom. The summed E-state index contributed by atoms with van der Waals surface area (Å²) in [6.07, 6.45) is 2.43. The van der Waals surface area contributed by atoms with E-state index in [1.54, 1.807) is 0 Å². The van der Waals surface area contributed by atoms with Crippen molar-refractivity contribution < 1.29 is 0 Å². The van der Waals surface area contributed by atoms with Gasteiger partial charge in [0.05, 0.1) is 0 Å². The zero-order chi connectivity index (χ0) is 8.65. The van der Waals surface area contributed by atoms with Crippen LogP contribution in [0.15, 0.2) is 30.3 Å². The molecular formula is C10H16N2. The molecule has 0 aliphatic carbocycles. The molecule has 0 aromatic heterocycles. The number of nitrogens with one attached hydrogen (secondary N) is 2. The largest absolute Gasteiger partial charge is 0.322 e.